The summed E-state index contributed by atoms with van der Waals surface area (Å²) < 4.78 is 0. The van der Waals surface area contributed by atoms with Crippen LogP contribution >= 0.6 is 0 Å². The molecule has 0 amide bonds. The van der Waals surface area contributed by atoms with Crippen molar-refractivity contribution in [2.75, 3.05) is 19.7 Å². The first-order valence-corrected chi connectivity index (χ1v) is 6.17. The summed E-state index contributed by atoms with van der Waals surface area (Å²) >= 11 is 0. The molecule has 1 unspecified atom stereocenters. The summed E-state index contributed by atoms with van der Waals surface area (Å²) in [6.07, 6.45) is 4.41. The molecule has 0 bridgehead atoms. The molecule has 0 radical (unpaired) electrons. The number of rotatable bonds is 7. The summed E-state index contributed by atoms with van der Waals surface area (Å²) in [5.41, 5.74) is 7.02. The molecule has 0 spiro atoms. The molecule has 4 heteroatoms. The number of aromatic nitrogens is 1. The van der Waals surface area contributed by atoms with Crippen molar-refractivity contribution in [1.82, 2.24) is 9.88 Å². The monoisotopic (exact) mass is 237 g/mol. The molecule has 1 aromatic rings. The maximum absolute atomic E-state index is 8.95. The Morgan fingerprint density at radius 1 is 1.47 bits per heavy atom. The highest BCUT2D eigenvalue weighted by molar-refractivity contribution is 5.14. The first-order chi connectivity index (χ1) is 8.20. The van der Waals surface area contributed by atoms with E-state index in [1.54, 1.807) is 6.20 Å². The highest BCUT2D eigenvalue weighted by Crippen LogP contribution is 2.21. The van der Waals surface area contributed by atoms with Crippen LogP contribution in [0.2, 0.25) is 0 Å². The molecule has 1 heterocycles. The van der Waals surface area contributed by atoms with Crippen LogP contribution in [0.25, 0.3) is 0 Å². The molecule has 3 N–H and O–H groups in total. The maximum atomic E-state index is 8.95. The number of nitrogens with zero attached hydrogens (tertiary/aromatic N) is 2. The fraction of sp³-hybridized carbons (Fsp3) is 0.615. The van der Waals surface area contributed by atoms with Crippen LogP contribution < -0.4 is 5.73 Å². The van der Waals surface area contributed by atoms with Crippen LogP contribution in [0.1, 0.15) is 31.9 Å². The molecule has 1 aromatic heterocycles. The summed E-state index contributed by atoms with van der Waals surface area (Å²) in [4.78, 5) is 6.46. The van der Waals surface area contributed by atoms with Gasteiger partial charge in [-0.25, -0.2) is 0 Å². The van der Waals surface area contributed by atoms with E-state index in [0.717, 1.165) is 18.5 Å². The van der Waals surface area contributed by atoms with Gasteiger partial charge in [0.15, 0.2) is 0 Å². The van der Waals surface area contributed by atoms with Crippen LogP contribution in [0.5, 0.6) is 0 Å². The third-order valence-electron chi connectivity index (χ3n) is 2.93. The predicted octanol–water partition coefficient (Wildman–Crippen LogP) is 1.17. The molecule has 96 valence electrons. The Labute approximate surface area is 103 Å². The van der Waals surface area contributed by atoms with Crippen molar-refractivity contribution < 1.29 is 5.11 Å². The van der Waals surface area contributed by atoms with Crippen LogP contribution in [0.3, 0.4) is 0 Å². The van der Waals surface area contributed by atoms with Gasteiger partial charge in [0.05, 0.1) is 0 Å². The molecule has 0 aliphatic rings. The molecule has 0 aliphatic carbocycles. The Bertz CT molecular complexity index is 303. The summed E-state index contributed by atoms with van der Waals surface area (Å²) in [6, 6.07) is 4.56. The number of nitrogens with two attached hydrogens (primary N) is 1. The normalized spacial score (nSPS) is 13.3. The zero-order valence-corrected chi connectivity index (χ0v) is 10.7. The first-order valence-electron chi connectivity index (χ1n) is 6.17. The lowest BCUT2D eigenvalue weighted by molar-refractivity contribution is 0.141. The van der Waals surface area contributed by atoms with Crippen LogP contribution in [-0.2, 0) is 0 Å². The lowest BCUT2D eigenvalue weighted by Crippen LogP contribution is -2.39. The molecule has 17 heavy (non-hydrogen) atoms. The van der Waals surface area contributed by atoms with Crippen molar-refractivity contribution in [1.29, 1.82) is 0 Å². The minimum absolute atomic E-state index is 0.176. The van der Waals surface area contributed by atoms with Gasteiger partial charge in [0, 0.05) is 44.2 Å². The summed E-state index contributed by atoms with van der Waals surface area (Å²) in [6.45, 7) is 5.93. The van der Waals surface area contributed by atoms with E-state index in [-0.39, 0.29) is 12.6 Å². The van der Waals surface area contributed by atoms with Gasteiger partial charge in [-0.1, -0.05) is 6.07 Å². The Morgan fingerprint density at radius 3 is 2.71 bits per heavy atom. The highest BCUT2D eigenvalue weighted by Gasteiger charge is 2.21. The minimum Gasteiger partial charge on any atom is -0.396 e. The summed E-state index contributed by atoms with van der Waals surface area (Å²) in [5, 5.41) is 8.95. The maximum Gasteiger partial charge on any atom is 0.0488 e. The molecule has 1 atom stereocenters. The molecule has 1 rings (SSSR count). The zero-order chi connectivity index (χ0) is 12.7. The number of aliphatic hydroxyl groups excluding tert-OH is 1. The van der Waals surface area contributed by atoms with Crippen LogP contribution in [0.15, 0.2) is 24.5 Å². The minimum atomic E-state index is 0.176. The molecular formula is C13H23N3O. The average Bonchev–Trinajstić information content (AvgIpc) is 2.35. The Morgan fingerprint density at radius 2 is 2.24 bits per heavy atom. The largest absolute Gasteiger partial charge is 0.396 e. The average molecular weight is 237 g/mol. The highest BCUT2D eigenvalue weighted by atomic mass is 16.3. The van der Waals surface area contributed by atoms with E-state index < -0.39 is 0 Å². The Kier molecular flexibility index (Phi) is 6.11. The van der Waals surface area contributed by atoms with Crippen LogP contribution in [-0.4, -0.2) is 40.7 Å². The van der Waals surface area contributed by atoms with E-state index in [0.29, 0.717) is 12.6 Å². The second-order valence-corrected chi connectivity index (χ2v) is 4.45. The van der Waals surface area contributed by atoms with Gasteiger partial charge in [-0.05, 0) is 31.9 Å². The molecule has 0 saturated heterocycles. The molecule has 4 nitrogen and oxygen atoms in total. The fourth-order valence-corrected chi connectivity index (χ4v) is 2.06. The van der Waals surface area contributed by atoms with E-state index in [4.69, 9.17) is 10.8 Å². The van der Waals surface area contributed by atoms with Gasteiger partial charge < -0.3 is 10.8 Å². The van der Waals surface area contributed by atoms with E-state index >= 15 is 0 Å². The lowest BCUT2D eigenvalue weighted by atomic mass is 10.1. The topological polar surface area (TPSA) is 62.4 Å². The van der Waals surface area contributed by atoms with Crippen molar-refractivity contribution in [3.05, 3.63) is 30.1 Å². The lowest BCUT2D eigenvalue weighted by Gasteiger charge is -2.34. The third-order valence-corrected chi connectivity index (χ3v) is 2.93. The van der Waals surface area contributed by atoms with Gasteiger partial charge in [0.25, 0.3) is 0 Å². The van der Waals surface area contributed by atoms with E-state index in [2.05, 4.69) is 29.8 Å². The number of aliphatic hydroxyl groups is 1. The second kappa shape index (κ2) is 7.37. The number of pyridine rings is 1. The smallest absolute Gasteiger partial charge is 0.0488 e. The molecule has 0 aromatic carbocycles. The number of hydrogen-bond acceptors (Lipinski definition) is 4. The van der Waals surface area contributed by atoms with Crippen LogP contribution in [0.4, 0.5) is 0 Å². The SMILES string of the molecule is CC(C)N(CCCO)C(CN)c1cccnc1. The van der Waals surface area contributed by atoms with E-state index in [1.807, 2.05) is 12.3 Å². The van der Waals surface area contributed by atoms with Crippen LogP contribution in [0, 0.1) is 0 Å². The third kappa shape index (κ3) is 4.07. The van der Waals surface area contributed by atoms with E-state index in [1.165, 1.54) is 0 Å². The first kappa shape index (κ1) is 14.1. The van der Waals surface area contributed by atoms with Gasteiger partial charge in [-0.3, -0.25) is 9.88 Å². The second-order valence-electron chi connectivity index (χ2n) is 4.45. The Hall–Kier alpha value is -0.970. The van der Waals surface area contributed by atoms with Crippen molar-refractivity contribution in [3.63, 3.8) is 0 Å². The van der Waals surface area contributed by atoms with Gasteiger partial charge in [-0.15, -0.1) is 0 Å². The fourth-order valence-electron chi connectivity index (χ4n) is 2.06. The van der Waals surface area contributed by atoms with Gasteiger partial charge in [0.1, 0.15) is 0 Å². The standard InChI is InChI=1S/C13H23N3O/c1-11(2)16(7-4-8-17)13(9-14)12-5-3-6-15-10-12/h3,5-6,10-11,13,17H,4,7-9,14H2,1-2H3. The molecule has 0 fully saturated rings. The van der Waals surface area contributed by atoms with Gasteiger partial charge in [-0.2, -0.15) is 0 Å². The predicted molar refractivity (Wildman–Crippen MR) is 69.6 cm³/mol. The van der Waals surface area contributed by atoms with Crippen molar-refractivity contribution in [2.45, 2.75) is 32.4 Å². The summed E-state index contributed by atoms with van der Waals surface area (Å²) in [7, 11) is 0. The summed E-state index contributed by atoms with van der Waals surface area (Å²) in [5.74, 6) is 0. The van der Waals surface area contributed by atoms with Crippen molar-refractivity contribution in [2.24, 2.45) is 5.73 Å². The quantitative estimate of drug-likeness (QED) is 0.747. The number of hydrogen-bond donors (Lipinski definition) is 2. The van der Waals surface area contributed by atoms with Crippen molar-refractivity contribution >= 4 is 0 Å². The van der Waals surface area contributed by atoms with E-state index in [9.17, 15) is 0 Å². The molecular weight excluding hydrogens is 214 g/mol. The van der Waals surface area contributed by atoms with Gasteiger partial charge >= 0.3 is 0 Å². The van der Waals surface area contributed by atoms with Gasteiger partial charge in [0.2, 0.25) is 0 Å². The zero-order valence-electron chi connectivity index (χ0n) is 10.7. The Balaban J connectivity index is 2.81. The van der Waals surface area contributed by atoms with Crippen molar-refractivity contribution in [3.8, 4) is 0 Å². The molecule has 0 saturated carbocycles. The molecule has 0 aliphatic heterocycles.